The summed E-state index contributed by atoms with van der Waals surface area (Å²) in [7, 11) is -4.64. The number of phosphoric acid groups is 1. The van der Waals surface area contributed by atoms with Gasteiger partial charge in [0.05, 0.1) is 19.8 Å². The number of esters is 2. The maximum Gasteiger partial charge on any atom is 0.472 e. The Labute approximate surface area is 351 Å². The molecule has 0 aliphatic heterocycles. The van der Waals surface area contributed by atoms with Crippen molar-refractivity contribution < 1.29 is 47.8 Å². The maximum absolute atomic E-state index is 12.6. The van der Waals surface area contributed by atoms with Crippen molar-refractivity contribution in [3.05, 3.63) is 97.2 Å². The first-order chi connectivity index (χ1) is 28.2. The van der Waals surface area contributed by atoms with Gasteiger partial charge in [-0.25, -0.2) is 4.57 Å². The molecule has 0 aliphatic carbocycles. The molecule has 0 radical (unpaired) electrons. The van der Waals surface area contributed by atoms with Gasteiger partial charge in [0.1, 0.15) is 12.7 Å². The lowest BCUT2D eigenvalue weighted by Crippen LogP contribution is -2.29. The third-order valence-electron chi connectivity index (χ3n) is 8.49. The Morgan fingerprint density at radius 2 is 0.983 bits per heavy atom. The molecular formula is C47H77O10P. The molecule has 0 saturated heterocycles. The second kappa shape index (κ2) is 42.0. The van der Waals surface area contributed by atoms with E-state index >= 15 is 0 Å². The fraction of sp³-hybridized carbons (Fsp3) is 0.617. The van der Waals surface area contributed by atoms with Gasteiger partial charge >= 0.3 is 19.8 Å². The summed E-state index contributed by atoms with van der Waals surface area (Å²) < 4.78 is 32.6. The zero-order valence-corrected chi connectivity index (χ0v) is 36.6. The van der Waals surface area contributed by atoms with Gasteiger partial charge in [-0.3, -0.25) is 18.6 Å². The fourth-order valence-electron chi connectivity index (χ4n) is 5.16. The summed E-state index contributed by atoms with van der Waals surface area (Å²) in [5.41, 5.74) is 0. The summed E-state index contributed by atoms with van der Waals surface area (Å²) >= 11 is 0. The smallest absolute Gasteiger partial charge is 0.462 e. The van der Waals surface area contributed by atoms with E-state index in [9.17, 15) is 24.2 Å². The summed E-state index contributed by atoms with van der Waals surface area (Å²) in [6.45, 7) is 2.12. The molecule has 0 saturated carbocycles. The van der Waals surface area contributed by atoms with Crippen molar-refractivity contribution in [3.63, 3.8) is 0 Å². The summed E-state index contributed by atoms with van der Waals surface area (Å²) in [6.07, 6.45) is 51.1. The molecule has 0 aromatic rings. The minimum Gasteiger partial charge on any atom is -0.462 e. The van der Waals surface area contributed by atoms with Crippen LogP contribution in [0.5, 0.6) is 0 Å². The molecule has 0 aliphatic rings. The molecule has 0 heterocycles. The van der Waals surface area contributed by atoms with Gasteiger partial charge in [0.25, 0.3) is 0 Å². The molecule has 2 unspecified atom stereocenters. The number of phosphoric ester groups is 1. The molecule has 10 nitrogen and oxygen atoms in total. The molecule has 0 spiro atoms. The van der Waals surface area contributed by atoms with E-state index in [1.54, 1.807) is 0 Å². The first kappa shape index (κ1) is 54.9. The predicted octanol–water partition coefficient (Wildman–Crippen LogP) is 11.6. The topological polar surface area (TPSA) is 149 Å². The Hall–Kier alpha value is -3.11. The van der Waals surface area contributed by atoms with Crippen LogP contribution in [0.3, 0.4) is 0 Å². The van der Waals surface area contributed by atoms with Crippen molar-refractivity contribution in [2.75, 3.05) is 26.4 Å². The zero-order valence-electron chi connectivity index (χ0n) is 35.7. The molecule has 0 bridgehead atoms. The molecule has 0 aromatic heterocycles. The zero-order chi connectivity index (χ0) is 42.6. The highest BCUT2D eigenvalue weighted by molar-refractivity contribution is 7.47. The van der Waals surface area contributed by atoms with Crippen molar-refractivity contribution in [1.29, 1.82) is 0 Å². The molecule has 0 aromatic carbocycles. The van der Waals surface area contributed by atoms with E-state index in [4.69, 9.17) is 19.1 Å². The van der Waals surface area contributed by atoms with E-state index in [-0.39, 0.29) is 19.4 Å². The van der Waals surface area contributed by atoms with Gasteiger partial charge in [-0.1, -0.05) is 150 Å². The largest absolute Gasteiger partial charge is 0.472 e. The normalized spacial score (nSPS) is 14.8. The third kappa shape index (κ3) is 41.1. The van der Waals surface area contributed by atoms with Crippen molar-refractivity contribution in [2.24, 2.45) is 0 Å². The van der Waals surface area contributed by atoms with Crippen molar-refractivity contribution in [1.82, 2.24) is 0 Å². The van der Waals surface area contributed by atoms with Crippen molar-refractivity contribution in [2.45, 2.75) is 161 Å². The van der Waals surface area contributed by atoms with Crippen LogP contribution in [0.1, 0.15) is 149 Å². The van der Waals surface area contributed by atoms with Crippen LogP contribution in [0.15, 0.2) is 97.2 Å². The number of unbranched alkanes of at least 4 members (excludes halogenated alkanes) is 9. The molecule has 330 valence electrons. The molecule has 0 amide bonds. The van der Waals surface area contributed by atoms with Gasteiger partial charge in [-0.15, -0.1) is 0 Å². The van der Waals surface area contributed by atoms with Crippen LogP contribution in [0, 0.1) is 0 Å². The minimum atomic E-state index is -4.64. The standard InChI is InChI=1S/C47H77O10P/c1-3-5-7-9-11-13-15-17-18-19-20-21-22-23-24-25-27-28-30-32-34-36-38-46(50)54-42-45(43-56-58(52,53)55-41-44(49)40-48)57-47(51)39-37-35-33-31-29-26-16-14-12-10-8-6-4-2/h5,7,11,13,17-18,20-21,23-24,26-29,33,35,44-45,48-49H,3-4,6,8-10,12,14-16,19,22,25,30-32,34,36-43H2,1-2H3,(H,52,53)/b7-5+,13-11+,18-17+,21-20+,24-23+,28-27+,29-26+,35-33+/t44-,45?/m1/s1. The van der Waals surface area contributed by atoms with Crippen LogP contribution < -0.4 is 0 Å². The monoisotopic (exact) mass is 833 g/mol. The highest BCUT2D eigenvalue weighted by atomic mass is 31.2. The Bertz CT molecular complexity index is 1280. The Kier molecular flexibility index (Phi) is 39.8. The number of aliphatic hydroxyl groups is 2. The highest BCUT2D eigenvalue weighted by Crippen LogP contribution is 2.43. The molecule has 0 fully saturated rings. The van der Waals surface area contributed by atoms with Crippen LogP contribution in [-0.2, 0) is 32.7 Å². The van der Waals surface area contributed by atoms with Gasteiger partial charge in [0, 0.05) is 12.8 Å². The van der Waals surface area contributed by atoms with Crippen LogP contribution in [0.25, 0.3) is 0 Å². The number of carbonyl (C=O) groups is 2. The molecule has 0 rings (SSSR count). The van der Waals surface area contributed by atoms with Crippen LogP contribution in [0.4, 0.5) is 0 Å². The van der Waals surface area contributed by atoms with Gasteiger partial charge < -0.3 is 24.6 Å². The van der Waals surface area contributed by atoms with E-state index in [1.807, 2.05) is 12.2 Å². The van der Waals surface area contributed by atoms with E-state index in [0.29, 0.717) is 12.8 Å². The maximum atomic E-state index is 12.6. The lowest BCUT2D eigenvalue weighted by Gasteiger charge is -2.20. The number of ether oxygens (including phenoxy) is 2. The SMILES string of the molecule is CC/C=C/C/C=C/C/C=C/C/C=C/C/C=C/C/C=C/CCCCCC(=O)OCC(COP(=O)(O)OC[C@H](O)CO)OC(=O)CC/C=C/C/C=C/CCCCCCCC. The summed E-state index contributed by atoms with van der Waals surface area (Å²) in [5, 5.41) is 18.3. The van der Waals surface area contributed by atoms with E-state index in [1.165, 1.54) is 38.5 Å². The number of allylic oxidation sites excluding steroid dienone is 16. The van der Waals surface area contributed by atoms with Crippen LogP contribution in [0.2, 0.25) is 0 Å². The van der Waals surface area contributed by atoms with E-state index in [2.05, 4.69) is 103 Å². The van der Waals surface area contributed by atoms with E-state index in [0.717, 1.165) is 70.6 Å². The van der Waals surface area contributed by atoms with E-state index < -0.39 is 51.8 Å². The molecule has 3 atom stereocenters. The predicted molar refractivity (Wildman–Crippen MR) is 237 cm³/mol. The Morgan fingerprint density at radius 1 is 0.534 bits per heavy atom. The summed E-state index contributed by atoms with van der Waals surface area (Å²) in [6, 6.07) is 0. The molecular weight excluding hydrogens is 755 g/mol. The molecule has 3 N–H and O–H groups in total. The lowest BCUT2D eigenvalue weighted by molar-refractivity contribution is -0.161. The van der Waals surface area contributed by atoms with Gasteiger partial charge in [0.2, 0.25) is 0 Å². The van der Waals surface area contributed by atoms with Gasteiger partial charge in [-0.05, 0) is 83.5 Å². The molecule has 11 heteroatoms. The number of rotatable bonds is 39. The number of hydrogen-bond donors (Lipinski definition) is 3. The highest BCUT2D eigenvalue weighted by Gasteiger charge is 2.27. The van der Waals surface area contributed by atoms with Gasteiger partial charge in [0.15, 0.2) is 6.10 Å². The lowest BCUT2D eigenvalue weighted by atomic mass is 10.1. The van der Waals surface area contributed by atoms with Crippen LogP contribution >= 0.6 is 7.82 Å². The van der Waals surface area contributed by atoms with Crippen molar-refractivity contribution >= 4 is 19.8 Å². The Morgan fingerprint density at radius 3 is 1.50 bits per heavy atom. The Balaban J connectivity index is 4.42. The van der Waals surface area contributed by atoms with Crippen molar-refractivity contribution in [3.8, 4) is 0 Å². The minimum absolute atomic E-state index is 0.0646. The average molecular weight is 833 g/mol. The second-order valence-electron chi connectivity index (χ2n) is 14.0. The second-order valence-corrected chi connectivity index (χ2v) is 15.4. The summed E-state index contributed by atoms with van der Waals surface area (Å²) in [5.74, 6) is -1.05. The quantitative estimate of drug-likeness (QED) is 0.0236. The third-order valence-corrected chi connectivity index (χ3v) is 9.44. The first-order valence-corrected chi connectivity index (χ1v) is 23.2. The number of carbonyl (C=O) groups excluding carboxylic acids is 2. The number of hydrogen-bond acceptors (Lipinski definition) is 9. The van der Waals surface area contributed by atoms with Gasteiger partial charge in [-0.2, -0.15) is 0 Å². The average Bonchev–Trinajstić information content (AvgIpc) is 3.21. The first-order valence-electron chi connectivity index (χ1n) is 21.7. The van der Waals surface area contributed by atoms with Crippen LogP contribution in [-0.4, -0.2) is 65.7 Å². The number of aliphatic hydroxyl groups excluding tert-OH is 2. The summed E-state index contributed by atoms with van der Waals surface area (Å²) in [4.78, 5) is 34.9. The molecule has 58 heavy (non-hydrogen) atoms. The fourth-order valence-corrected chi connectivity index (χ4v) is 5.95.